The number of halogens is 3. The molecule has 0 heterocycles. The van der Waals surface area contributed by atoms with E-state index in [1.165, 1.54) is 23.9 Å². The van der Waals surface area contributed by atoms with Crippen molar-refractivity contribution in [3.05, 3.63) is 58.9 Å². The molecule has 0 aliphatic carbocycles. The van der Waals surface area contributed by atoms with Crippen molar-refractivity contribution >= 4 is 11.8 Å². The van der Waals surface area contributed by atoms with E-state index < -0.39 is 11.6 Å². The summed E-state index contributed by atoms with van der Waals surface area (Å²) in [6, 6.07) is 6.37. The summed E-state index contributed by atoms with van der Waals surface area (Å²) >= 11 is 1.23. The van der Waals surface area contributed by atoms with Gasteiger partial charge in [-0.2, -0.15) is 0 Å². The van der Waals surface area contributed by atoms with Crippen LogP contribution in [0.5, 0.6) is 0 Å². The van der Waals surface area contributed by atoms with Crippen LogP contribution in [0.2, 0.25) is 0 Å². The van der Waals surface area contributed by atoms with Crippen LogP contribution in [0.3, 0.4) is 0 Å². The van der Waals surface area contributed by atoms with Gasteiger partial charge in [-0.05, 0) is 55.3 Å². The molecular formula is C15H14F3NS. The van der Waals surface area contributed by atoms with Crippen molar-refractivity contribution in [2.45, 2.75) is 29.7 Å². The summed E-state index contributed by atoms with van der Waals surface area (Å²) in [4.78, 5) is 1.28. The molecule has 0 spiro atoms. The lowest BCUT2D eigenvalue weighted by Crippen LogP contribution is -2.07. The van der Waals surface area contributed by atoms with Gasteiger partial charge in [-0.15, -0.1) is 0 Å². The Morgan fingerprint density at radius 3 is 2.30 bits per heavy atom. The Morgan fingerprint density at radius 1 is 1.00 bits per heavy atom. The van der Waals surface area contributed by atoms with Crippen LogP contribution < -0.4 is 5.73 Å². The number of aryl methyl sites for hydroxylation is 1. The topological polar surface area (TPSA) is 26.0 Å². The summed E-state index contributed by atoms with van der Waals surface area (Å²) in [6.07, 6.45) is 0. The number of hydrogen-bond donors (Lipinski definition) is 1. The van der Waals surface area contributed by atoms with Gasteiger partial charge in [0.15, 0.2) is 11.6 Å². The van der Waals surface area contributed by atoms with Crippen molar-refractivity contribution < 1.29 is 13.2 Å². The first kappa shape index (κ1) is 14.9. The quantitative estimate of drug-likeness (QED) is 0.897. The Balaban J connectivity index is 2.41. The first-order valence-corrected chi connectivity index (χ1v) is 6.88. The molecule has 0 saturated heterocycles. The molecule has 2 aromatic carbocycles. The molecule has 2 rings (SSSR count). The Labute approximate surface area is 120 Å². The van der Waals surface area contributed by atoms with Gasteiger partial charge in [0.05, 0.1) is 0 Å². The molecule has 0 aliphatic rings. The Kier molecular flexibility index (Phi) is 4.40. The van der Waals surface area contributed by atoms with Crippen LogP contribution in [0.1, 0.15) is 24.1 Å². The van der Waals surface area contributed by atoms with E-state index in [4.69, 9.17) is 5.73 Å². The van der Waals surface area contributed by atoms with Crippen LogP contribution in [-0.4, -0.2) is 0 Å². The van der Waals surface area contributed by atoms with Gasteiger partial charge in [-0.1, -0.05) is 11.8 Å². The highest BCUT2D eigenvalue weighted by Crippen LogP contribution is 2.34. The van der Waals surface area contributed by atoms with E-state index in [2.05, 4.69) is 0 Å². The smallest absolute Gasteiger partial charge is 0.159 e. The molecule has 0 aromatic heterocycles. The molecule has 0 amide bonds. The van der Waals surface area contributed by atoms with Crippen molar-refractivity contribution in [1.29, 1.82) is 0 Å². The largest absolute Gasteiger partial charge is 0.324 e. The van der Waals surface area contributed by atoms with E-state index >= 15 is 0 Å². The lowest BCUT2D eigenvalue weighted by Gasteiger charge is -2.14. The van der Waals surface area contributed by atoms with Crippen molar-refractivity contribution in [2.75, 3.05) is 0 Å². The molecule has 1 nitrogen and oxygen atoms in total. The number of benzene rings is 2. The first-order chi connectivity index (χ1) is 9.38. The van der Waals surface area contributed by atoms with Crippen molar-refractivity contribution in [2.24, 2.45) is 5.73 Å². The summed E-state index contributed by atoms with van der Waals surface area (Å²) in [7, 11) is 0. The van der Waals surface area contributed by atoms with E-state index in [1.54, 1.807) is 19.9 Å². The number of nitrogens with two attached hydrogens (primary N) is 1. The zero-order valence-electron chi connectivity index (χ0n) is 11.1. The van der Waals surface area contributed by atoms with Crippen molar-refractivity contribution in [1.82, 2.24) is 0 Å². The minimum atomic E-state index is -0.906. The van der Waals surface area contributed by atoms with Crippen LogP contribution in [0.4, 0.5) is 13.2 Å². The molecule has 0 fully saturated rings. The van der Waals surface area contributed by atoms with Gasteiger partial charge in [0.1, 0.15) is 5.82 Å². The van der Waals surface area contributed by atoms with Gasteiger partial charge in [0.2, 0.25) is 0 Å². The van der Waals surface area contributed by atoms with Crippen LogP contribution >= 0.6 is 11.8 Å². The van der Waals surface area contributed by atoms with Crippen LogP contribution in [-0.2, 0) is 0 Å². The second kappa shape index (κ2) is 5.89. The molecule has 106 valence electrons. The summed E-state index contributed by atoms with van der Waals surface area (Å²) in [5.74, 6) is -2.12. The van der Waals surface area contributed by atoms with Crippen LogP contribution in [0, 0.1) is 24.4 Å². The van der Waals surface area contributed by atoms with Crippen LogP contribution in [0.15, 0.2) is 40.1 Å². The minimum absolute atomic E-state index is 0.327. The molecule has 0 aliphatic heterocycles. The van der Waals surface area contributed by atoms with Crippen LogP contribution in [0.25, 0.3) is 0 Å². The molecule has 20 heavy (non-hydrogen) atoms. The standard InChI is InChI=1S/C15H14F3NS/c1-8-5-15(11(9(2)19)7-13(8)17)20-10-3-4-12(16)14(18)6-10/h3-7,9H,19H2,1-2H3/t9-/m0/s1. The molecule has 0 unspecified atom stereocenters. The highest BCUT2D eigenvalue weighted by atomic mass is 32.2. The van der Waals surface area contributed by atoms with E-state index in [0.29, 0.717) is 16.0 Å². The third-order valence-corrected chi connectivity index (χ3v) is 3.96. The van der Waals surface area contributed by atoms with Crippen molar-refractivity contribution in [3.63, 3.8) is 0 Å². The lowest BCUT2D eigenvalue weighted by atomic mass is 10.1. The van der Waals surface area contributed by atoms with Gasteiger partial charge < -0.3 is 5.73 Å². The molecule has 2 aromatic rings. The molecule has 0 radical (unpaired) electrons. The van der Waals surface area contributed by atoms with Crippen molar-refractivity contribution in [3.8, 4) is 0 Å². The summed E-state index contributed by atoms with van der Waals surface area (Å²) in [6.45, 7) is 3.40. The lowest BCUT2D eigenvalue weighted by molar-refractivity contribution is 0.506. The van der Waals surface area contributed by atoms with Gasteiger partial charge in [0, 0.05) is 15.8 Å². The van der Waals surface area contributed by atoms with Gasteiger partial charge in [-0.3, -0.25) is 0 Å². The van der Waals surface area contributed by atoms with E-state index in [0.717, 1.165) is 17.0 Å². The van der Waals surface area contributed by atoms with Gasteiger partial charge in [0.25, 0.3) is 0 Å². The van der Waals surface area contributed by atoms with Gasteiger partial charge in [-0.25, -0.2) is 13.2 Å². The van der Waals surface area contributed by atoms with E-state index in [-0.39, 0.29) is 11.9 Å². The maximum atomic E-state index is 13.6. The summed E-state index contributed by atoms with van der Waals surface area (Å²) < 4.78 is 39.7. The zero-order valence-corrected chi connectivity index (χ0v) is 11.9. The third kappa shape index (κ3) is 3.16. The first-order valence-electron chi connectivity index (χ1n) is 6.07. The minimum Gasteiger partial charge on any atom is -0.324 e. The molecule has 0 bridgehead atoms. The Bertz CT molecular complexity index is 641. The second-order valence-corrected chi connectivity index (χ2v) is 5.72. The maximum absolute atomic E-state index is 13.6. The molecule has 1 atom stereocenters. The second-order valence-electron chi connectivity index (χ2n) is 4.61. The normalized spacial score (nSPS) is 12.5. The fraction of sp³-hybridized carbons (Fsp3) is 0.200. The molecule has 0 saturated carbocycles. The monoisotopic (exact) mass is 297 g/mol. The molecular weight excluding hydrogens is 283 g/mol. The fourth-order valence-electron chi connectivity index (χ4n) is 1.78. The third-order valence-electron chi connectivity index (χ3n) is 2.90. The highest BCUT2D eigenvalue weighted by molar-refractivity contribution is 7.99. The summed E-state index contributed by atoms with van der Waals surface area (Å²) in [5.41, 5.74) is 6.95. The predicted octanol–water partition coefficient (Wildman–Crippen LogP) is 4.58. The Morgan fingerprint density at radius 2 is 1.70 bits per heavy atom. The zero-order chi connectivity index (χ0) is 14.9. The van der Waals surface area contributed by atoms with E-state index in [1.807, 2.05) is 0 Å². The number of hydrogen-bond acceptors (Lipinski definition) is 2. The van der Waals surface area contributed by atoms with E-state index in [9.17, 15) is 13.2 Å². The Hall–Kier alpha value is -1.46. The molecule has 2 N–H and O–H groups in total. The van der Waals surface area contributed by atoms with Gasteiger partial charge >= 0.3 is 0 Å². The summed E-state index contributed by atoms with van der Waals surface area (Å²) in [5, 5.41) is 0. The maximum Gasteiger partial charge on any atom is 0.159 e. The highest BCUT2D eigenvalue weighted by Gasteiger charge is 2.13. The SMILES string of the molecule is Cc1cc(Sc2ccc(F)c(F)c2)c([C@H](C)N)cc1F. The fourth-order valence-corrected chi connectivity index (χ4v) is 2.93. The molecule has 5 heteroatoms. The average molecular weight is 297 g/mol. The average Bonchev–Trinajstić information content (AvgIpc) is 2.37. The predicted molar refractivity (Wildman–Crippen MR) is 74.2 cm³/mol. The number of rotatable bonds is 3.